The quantitative estimate of drug-likeness (QED) is 0.463. The van der Waals surface area contributed by atoms with Gasteiger partial charge in [0, 0.05) is 17.9 Å². The molecule has 0 aliphatic carbocycles. The maximum absolute atomic E-state index is 12.7. The van der Waals surface area contributed by atoms with Crippen LogP contribution in [0.15, 0.2) is 36.7 Å². The summed E-state index contributed by atoms with van der Waals surface area (Å²) in [5.41, 5.74) is 3.39. The molecule has 4 aromatic rings. The zero-order valence-corrected chi connectivity index (χ0v) is 18.8. The molecule has 1 atom stereocenters. The van der Waals surface area contributed by atoms with E-state index in [1.807, 2.05) is 38.1 Å². The molecule has 0 saturated heterocycles. The maximum Gasteiger partial charge on any atom is 0.226 e. The first-order valence-electron chi connectivity index (χ1n) is 11.0. The fourth-order valence-corrected chi connectivity index (χ4v) is 4.17. The Morgan fingerprint density at radius 2 is 2.00 bits per heavy atom. The molecule has 0 fully saturated rings. The van der Waals surface area contributed by atoms with Crippen molar-refractivity contribution in [3.05, 3.63) is 53.5 Å². The number of ether oxygens (including phenoxy) is 2. The van der Waals surface area contributed by atoms with Crippen molar-refractivity contribution in [2.75, 3.05) is 18.5 Å². The third-order valence-electron chi connectivity index (χ3n) is 5.60. The number of nitrogens with zero attached hydrogens (tertiary/aromatic N) is 6. The van der Waals surface area contributed by atoms with Crippen molar-refractivity contribution in [3.63, 3.8) is 0 Å². The summed E-state index contributed by atoms with van der Waals surface area (Å²) >= 11 is 0. The number of hydrogen-bond acceptors (Lipinski definition) is 7. The van der Waals surface area contributed by atoms with Gasteiger partial charge in [0.1, 0.15) is 12.1 Å². The number of aryl methyl sites for hydroxylation is 1. The van der Waals surface area contributed by atoms with E-state index in [1.165, 1.54) is 6.33 Å². The molecule has 3 aromatic heterocycles. The Hall–Kier alpha value is -3.95. The molecule has 0 saturated carbocycles. The van der Waals surface area contributed by atoms with Gasteiger partial charge in [0.15, 0.2) is 23.0 Å². The third kappa shape index (κ3) is 3.77. The Labute approximate surface area is 190 Å². The van der Waals surface area contributed by atoms with Crippen molar-refractivity contribution in [3.8, 4) is 17.3 Å². The van der Waals surface area contributed by atoms with E-state index in [2.05, 4.69) is 27.5 Å². The molecule has 1 aromatic carbocycles. The van der Waals surface area contributed by atoms with Gasteiger partial charge in [-0.15, -0.1) is 15.3 Å². The highest BCUT2D eigenvalue weighted by atomic mass is 16.5. The van der Waals surface area contributed by atoms with Crippen LogP contribution in [0.5, 0.6) is 11.5 Å². The standard InChI is InChI=1S/C23H25N7O3/c1-4-10-33-17-7-6-15(11-18(17)32-5-2)16-12-21(31)25-23-22(16)14(3)27-30(23)20-9-8-19-26-24-13-29(19)28-20/h6-9,11,13,16H,4-5,10,12H2,1-3H3,(H,25,31)/t16-/m0/s1. The molecule has 1 N–H and O–H groups in total. The van der Waals surface area contributed by atoms with Gasteiger partial charge in [0.25, 0.3) is 0 Å². The molecule has 1 aliphatic heterocycles. The van der Waals surface area contributed by atoms with Crippen molar-refractivity contribution >= 4 is 17.4 Å². The summed E-state index contributed by atoms with van der Waals surface area (Å²) in [6.45, 7) is 7.09. The highest BCUT2D eigenvalue weighted by Crippen LogP contribution is 2.42. The van der Waals surface area contributed by atoms with Gasteiger partial charge in [-0.2, -0.15) is 14.3 Å². The molecule has 4 heterocycles. The van der Waals surface area contributed by atoms with E-state index in [0.29, 0.717) is 48.4 Å². The second-order valence-corrected chi connectivity index (χ2v) is 7.88. The fourth-order valence-electron chi connectivity index (χ4n) is 4.17. The number of rotatable bonds is 7. The number of hydrogen-bond donors (Lipinski definition) is 1. The van der Waals surface area contributed by atoms with Crippen LogP contribution < -0.4 is 14.8 Å². The Bertz CT molecular complexity index is 1330. The van der Waals surface area contributed by atoms with Crippen LogP contribution in [0.3, 0.4) is 0 Å². The van der Waals surface area contributed by atoms with Crippen LogP contribution in [0.2, 0.25) is 0 Å². The van der Waals surface area contributed by atoms with Crippen molar-refractivity contribution in [2.45, 2.75) is 39.5 Å². The van der Waals surface area contributed by atoms with Gasteiger partial charge >= 0.3 is 0 Å². The highest BCUT2D eigenvalue weighted by Gasteiger charge is 2.33. The van der Waals surface area contributed by atoms with E-state index in [-0.39, 0.29) is 11.8 Å². The van der Waals surface area contributed by atoms with Gasteiger partial charge in [-0.1, -0.05) is 13.0 Å². The summed E-state index contributed by atoms with van der Waals surface area (Å²) in [5.74, 6) is 2.33. The Balaban J connectivity index is 1.58. The van der Waals surface area contributed by atoms with Crippen LogP contribution in [0.4, 0.5) is 5.82 Å². The van der Waals surface area contributed by atoms with Gasteiger partial charge in [0.2, 0.25) is 5.91 Å². The number of aromatic nitrogens is 6. The van der Waals surface area contributed by atoms with Crippen LogP contribution in [-0.4, -0.2) is 48.7 Å². The Kier molecular flexibility index (Phi) is 5.41. The molecule has 33 heavy (non-hydrogen) atoms. The van der Waals surface area contributed by atoms with Gasteiger partial charge in [-0.25, -0.2) is 0 Å². The van der Waals surface area contributed by atoms with Crippen molar-refractivity contribution in [2.24, 2.45) is 0 Å². The average molecular weight is 447 g/mol. The molecule has 10 heteroatoms. The summed E-state index contributed by atoms with van der Waals surface area (Å²) in [6, 6.07) is 9.51. The van der Waals surface area contributed by atoms with Crippen molar-refractivity contribution < 1.29 is 14.3 Å². The molecule has 170 valence electrons. The summed E-state index contributed by atoms with van der Waals surface area (Å²) in [4.78, 5) is 12.7. The third-order valence-corrected chi connectivity index (χ3v) is 5.60. The number of nitrogens with one attached hydrogen (secondary N) is 1. The van der Waals surface area contributed by atoms with Gasteiger partial charge < -0.3 is 14.8 Å². The van der Waals surface area contributed by atoms with Crippen LogP contribution in [0, 0.1) is 6.92 Å². The van der Waals surface area contributed by atoms with E-state index in [9.17, 15) is 4.79 Å². The van der Waals surface area contributed by atoms with Crippen LogP contribution in [0.1, 0.15) is 49.4 Å². The Morgan fingerprint density at radius 3 is 2.82 bits per heavy atom. The monoisotopic (exact) mass is 447 g/mol. The summed E-state index contributed by atoms with van der Waals surface area (Å²) in [7, 11) is 0. The predicted octanol–water partition coefficient (Wildman–Crippen LogP) is 3.28. The molecule has 0 unspecified atom stereocenters. The van der Waals surface area contributed by atoms with Crippen molar-refractivity contribution in [1.29, 1.82) is 0 Å². The first-order valence-corrected chi connectivity index (χ1v) is 11.0. The lowest BCUT2D eigenvalue weighted by atomic mass is 9.85. The molecule has 10 nitrogen and oxygen atoms in total. The number of benzene rings is 1. The first-order chi connectivity index (χ1) is 16.1. The normalized spacial score (nSPS) is 15.4. The maximum atomic E-state index is 12.7. The molecule has 5 rings (SSSR count). The smallest absolute Gasteiger partial charge is 0.226 e. The molecule has 0 spiro atoms. The lowest BCUT2D eigenvalue weighted by molar-refractivity contribution is -0.116. The van der Waals surface area contributed by atoms with Gasteiger partial charge in [0.05, 0.1) is 18.9 Å². The van der Waals surface area contributed by atoms with E-state index >= 15 is 0 Å². The van der Waals surface area contributed by atoms with E-state index < -0.39 is 0 Å². The second kappa shape index (κ2) is 8.53. The number of carbonyl (C=O) groups excluding carboxylic acids is 1. The summed E-state index contributed by atoms with van der Waals surface area (Å²) < 4.78 is 14.9. The minimum Gasteiger partial charge on any atom is -0.490 e. The first kappa shape index (κ1) is 20.9. The SMILES string of the molecule is CCCOc1ccc([C@@H]2CC(=O)Nc3c2c(C)nn3-c2ccc3nncn3n2)cc1OCC. The summed E-state index contributed by atoms with van der Waals surface area (Å²) in [5, 5.41) is 20.1. The molecule has 0 bridgehead atoms. The molecule has 0 radical (unpaired) electrons. The second-order valence-electron chi connectivity index (χ2n) is 7.88. The van der Waals surface area contributed by atoms with Crippen molar-refractivity contribution in [1.82, 2.24) is 29.6 Å². The van der Waals surface area contributed by atoms with Crippen LogP contribution in [0.25, 0.3) is 11.5 Å². The lowest BCUT2D eigenvalue weighted by Gasteiger charge is -2.25. The highest BCUT2D eigenvalue weighted by molar-refractivity contribution is 5.95. The number of amides is 1. The topological polar surface area (TPSA) is 108 Å². The largest absolute Gasteiger partial charge is 0.490 e. The molecule has 1 amide bonds. The molecular formula is C23H25N7O3. The fraction of sp³-hybridized carbons (Fsp3) is 0.348. The van der Waals surface area contributed by atoms with E-state index in [4.69, 9.17) is 14.6 Å². The van der Waals surface area contributed by atoms with Gasteiger partial charge in [-0.3, -0.25) is 4.79 Å². The minimum atomic E-state index is -0.166. The molecular weight excluding hydrogens is 422 g/mol. The lowest BCUT2D eigenvalue weighted by Crippen LogP contribution is -2.25. The molecule has 1 aliphatic rings. The number of carbonyl (C=O) groups is 1. The summed E-state index contributed by atoms with van der Waals surface area (Å²) in [6.07, 6.45) is 2.76. The van der Waals surface area contributed by atoms with E-state index in [0.717, 1.165) is 23.2 Å². The predicted molar refractivity (Wildman–Crippen MR) is 121 cm³/mol. The van der Waals surface area contributed by atoms with E-state index in [1.54, 1.807) is 15.3 Å². The number of fused-ring (bicyclic) bond motifs is 2. The minimum absolute atomic E-state index is 0.0803. The van der Waals surface area contributed by atoms with Gasteiger partial charge in [-0.05, 0) is 50.1 Å². The zero-order chi connectivity index (χ0) is 22.9. The number of anilines is 1. The van der Waals surface area contributed by atoms with Crippen LogP contribution in [-0.2, 0) is 4.79 Å². The van der Waals surface area contributed by atoms with Crippen LogP contribution >= 0.6 is 0 Å². The average Bonchev–Trinajstić information content (AvgIpc) is 3.41. The zero-order valence-electron chi connectivity index (χ0n) is 18.8. The Morgan fingerprint density at radius 1 is 1.12 bits per heavy atom.